The van der Waals surface area contributed by atoms with Crippen LogP contribution in [-0.4, -0.2) is 30.6 Å². The Kier molecular flexibility index (Phi) is 7.18. The number of alkyl halides is 3. The van der Waals surface area contributed by atoms with E-state index in [1.54, 1.807) is 48.7 Å². The highest BCUT2D eigenvalue weighted by atomic mass is 19.4. The van der Waals surface area contributed by atoms with Crippen LogP contribution in [0.5, 0.6) is 0 Å². The Hall–Kier alpha value is -3.56. The molecule has 0 aliphatic heterocycles. The van der Waals surface area contributed by atoms with Crippen LogP contribution in [0.2, 0.25) is 0 Å². The van der Waals surface area contributed by atoms with Crippen molar-refractivity contribution in [3.8, 4) is 0 Å². The molecule has 0 heterocycles. The Bertz CT molecular complexity index is 855. The molecule has 0 atom stereocenters. The van der Waals surface area contributed by atoms with Gasteiger partial charge in [-0.05, 0) is 36.8 Å². The van der Waals surface area contributed by atoms with E-state index in [2.05, 4.69) is 5.32 Å². The van der Waals surface area contributed by atoms with Crippen LogP contribution < -0.4 is 21.1 Å². The number of amides is 4. The third-order valence-corrected chi connectivity index (χ3v) is 3.74. The van der Waals surface area contributed by atoms with Crippen molar-refractivity contribution in [3.05, 3.63) is 65.7 Å². The Morgan fingerprint density at radius 2 is 1.55 bits per heavy atom. The second-order valence-corrected chi connectivity index (χ2v) is 5.86. The number of hydrogen-bond acceptors (Lipinski definition) is 3. The normalized spacial score (nSPS) is 10.8. The van der Waals surface area contributed by atoms with Crippen LogP contribution in [0.15, 0.2) is 54.6 Å². The van der Waals surface area contributed by atoms with E-state index in [9.17, 15) is 27.6 Å². The second kappa shape index (κ2) is 9.58. The molecule has 2 aromatic carbocycles. The van der Waals surface area contributed by atoms with Crippen LogP contribution in [0.3, 0.4) is 0 Å². The molecule has 0 spiro atoms. The molecule has 3 N–H and O–H groups in total. The summed E-state index contributed by atoms with van der Waals surface area (Å²) in [5.74, 6) is -3.18. The van der Waals surface area contributed by atoms with Gasteiger partial charge >= 0.3 is 18.1 Å². The van der Waals surface area contributed by atoms with E-state index in [0.717, 1.165) is 0 Å². The van der Waals surface area contributed by atoms with E-state index in [0.29, 0.717) is 17.8 Å². The molecule has 0 radical (unpaired) electrons. The third kappa shape index (κ3) is 6.23. The van der Waals surface area contributed by atoms with Crippen molar-refractivity contribution in [1.82, 2.24) is 16.2 Å². The number of benzene rings is 2. The Morgan fingerprint density at radius 3 is 2.10 bits per heavy atom. The molecular weight excluding hydrogens is 389 g/mol. The number of nitrogens with zero attached hydrogens (tertiary/aromatic N) is 1. The smallest absolute Gasteiger partial charge is 0.338 e. The minimum absolute atomic E-state index is 0.0421. The topological polar surface area (TPSA) is 90.5 Å². The lowest BCUT2D eigenvalue weighted by Crippen LogP contribution is -2.47. The SMILES string of the molecule is CCNC(=O)N(Cc1ccc(C(=O)NNC(=O)C(F)(F)F)cc1)c1ccccc1. The number of para-hydroxylation sites is 1. The van der Waals surface area contributed by atoms with Gasteiger partial charge in [0.1, 0.15) is 0 Å². The van der Waals surface area contributed by atoms with Crippen molar-refractivity contribution < 1.29 is 27.6 Å². The summed E-state index contributed by atoms with van der Waals surface area (Å²) >= 11 is 0. The fourth-order valence-electron chi connectivity index (χ4n) is 2.34. The number of rotatable bonds is 5. The number of hydrazine groups is 1. The van der Waals surface area contributed by atoms with Crippen molar-refractivity contribution in [2.45, 2.75) is 19.6 Å². The molecule has 0 aliphatic carbocycles. The van der Waals surface area contributed by atoms with Crippen molar-refractivity contribution in [1.29, 1.82) is 0 Å². The van der Waals surface area contributed by atoms with E-state index in [-0.39, 0.29) is 18.1 Å². The zero-order valence-corrected chi connectivity index (χ0v) is 15.4. The summed E-state index contributed by atoms with van der Waals surface area (Å²) in [6.07, 6.45) is -5.10. The molecule has 0 bridgehead atoms. The Labute approximate surface area is 164 Å². The summed E-state index contributed by atoms with van der Waals surface area (Å²) in [4.78, 5) is 36.5. The number of carbonyl (C=O) groups is 3. The molecule has 29 heavy (non-hydrogen) atoms. The molecule has 7 nitrogen and oxygen atoms in total. The van der Waals surface area contributed by atoms with E-state index in [1.807, 2.05) is 6.07 Å². The van der Waals surface area contributed by atoms with Crippen molar-refractivity contribution in [2.75, 3.05) is 11.4 Å². The van der Waals surface area contributed by atoms with Gasteiger partial charge < -0.3 is 5.32 Å². The summed E-state index contributed by atoms with van der Waals surface area (Å²) < 4.78 is 36.4. The summed E-state index contributed by atoms with van der Waals surface area (Å²) in [5, 5.41) is 2.72. The number of nitrogens with one attached hydrogen (secondary N) is 3. The van der Waals surface area contributed by atoms with Gasteiger partial charge in [0.05, 0.1) is 6.54 Å². The first-order valence-electron chi connectivity index (χ1n) is 8.59. The monoisotopic (exact) mass is 408 g/mol. The van der Waals surface area contributed by atoms with Gasteiger partial charge in [-0.3, -0.25) is 25.3 Å². The van der Waals surface area contributed by atoms with Gasteiger partial charge in [0.25, 0.3) is 5.91 Å². The summed E-state index contributed by atoms with van der Waals surface area (Å²) in [6.45, 7) is 2.46. The van der Waals surface area contributed by atoms with Crippen LogP contribution in [-0.2, 0) is 11.3 Å². The van der Waals surface area contributed by atoms with Crippen LogP contribution in [0.1, 0.15) is 22.8 Å². The Morgan fingerprint density at radius 1 is 0.931 bits per heavy atom. The van der Waals surface area contributed by atoms with Crippen molar-refractivity contribution in [2.24, 2.45) is 0 Å². The highest BCUT2D eigenvalue weighted by Crippen LogP contribution is 2.18. The third-order valence-electron chi connectivity index (χ3n) is 3.74. The van der Waals surface area contributed by atoms with Gasteiger partial charge in [0, 0.05) is 17.8 Å². The maximum Gasteiger partial charge on any atom is 0.472 e. The quantitative estimate of drug-likeness (QED) is 0.665. The maximum atomic E-state index is 12.4. The molecule has 0 aliphatic rings. The lowest BCUT2D eigenvalue weighted by atomic mass is 10.1. The van der Waals surface area contributed by atoms with E-state index >= 15 is 0 Å². The summed E-state index contributed by atoms with van der Waals surface area (Å²) in [6, 6.07) is 14.6. The second-order valence-electron chi connectivity index (χ2n) is 5.86. The molecule has 2 aromatic rings. The molecule has 2 rings (SSSR count). The lowest BCUT2D eigenvalue weighted by molar-refractivity contribution is -0.174. The highest BCUT2D eigenvalue weighted by molar-refractivity contribution is 5.96. The zero-order valence-electron chi connectivity index (χ0n) is 15.4. The van der Waals surface area contributed by atoms with Gasteiger partial charge in [0.15, 0.2) is 0 Å². The average molecular weight is 408 g/mol. The van der Waals surface area contributed by atoms with Crippen molar-refractivity contribution >= 4 is 23.5 Å². The predicted molar refractivity (Wildman–Crippen MR) is 99.8 cm³/mol. The fourth-order valence-corrected chi connectivity index (χ4v) is 2.34. The minimum Gasteiger partial charge on any atom is -0.338 e. The standard InChI is InChI=1S/C19H19F3N4O3/c1-2-23-18(29)26(15-6-4-3-5-7-15)12-13-8-10-14(11-9-13)16(27)24-25-17(28)19(20,21)22/h3-11H,2,12H2,1H3,(H,23,29)(H,24,27)(H,25,28). The lowest BCUT2D eigenvalue weighted by Gasteiger charge is -2.23. The zero-order chi connectivity index (χ0) is 21.4. The number of urea groups is 1. The predicted octanol–water partition coefficient (Wildman–Crippen LogP) is 2.75. The Balaban J connectivity index is 2.07. The molecule has 0 fully saturated rings. The summed E-state index contributed by atoms with van der Waals surface area (Å²) in [5.41, 5.74) is 4.40. The van der Waals surface area contributed by atoms with Crippen LogP contribution >= 0.6 is 0 Å². The molecule has 154 valence electrons. The average Bonchev–Trinajstić information content (AvgIpc) is 2.70. The first-order valence-corrected chi connectivity index (χ1v) is 8.59. The fraction of sp³-hybridized carbons (Fsp3) is 0.211. The molecule has 10 heteroatoms. The van der Waals surface area contributed by atoms with Gasteiger partial charge in [0.2, 0.25) is 0 Å². The van der Waals surface area contributed by atoms with Crippen molar-refractivity contribution in [3.63, 3.8) is 0 Å². The number of carbonyl (C=O) groups excluding carboxylic acids is 3. The number of anilines is 1. The first kappa shape index (κ1) is 21.7. The van der Waals surface area contributed by atoms with Gasteiger partial charge in [-0.2, -0.15) is 13.2 Å². The van der Waals surface area contributed by atoms with E-state index in [1.165, 1.54) is 22.5 Å². The van der Waals surface area contributed by atoms with E-state index < -0.39 is 18.0 Å². The highest BCUT2D eigenvalue weighted by Gasteiger charge is 2.39. The van der Waals surface area contributed by atoms with Crippen LogP contribution in [0, 0.1) is 0 Å². The molecule has 0 saturated heterocycles. The molecular formula is C19H19F3N4O3. The van der Waals surface area contributed by atoms with Crippen LogP contribution in [0.25, 0.3) is 0 Å². The summed E-state index contributed by atoms with van der Waals surface area (Å²) in [7, 11) is 0. The first-order chi connectivity index (χ1) is 13.7. The molecule has 0 aromatic heterocycles. The van der Waals surface area contributed by atoms with E-state index in [4.69, 9.17) is 0 Å². The maximum absolute atomic E-state index is 12.4. The largest absolute Gasteiger partial charge is 0.472 e. The van der Waals surface area contributed by atoms with Crippen LogP contribution in [0.4, 0.5) is 23.7 Å². The minimum atomic E-state index is -5.10. The van der Waals surface area contributed by atoms with Gasteiger partial charge in [-0.15, -0.1) is 0 Å². The molecule has 4 amide bonds. The molecule has 0 unspecified atom stereocenters. The molecule has 0 saturated carbocycles. The number of halogens is 3. The van der Waals surface area contributed by atoms with Gasteiger partial charge in [-0.1, -0.05) is 30.3 Å². The number of hydrogen-bond donors (Lipinski definition) is 3. The van der Waals surface area contributed by atoms with Gasteiger partial charge in [-0.25, -0.2) is 4.79 Å².